The summed E-state index contributed by atoms with van der Waals surface area (Å²) in [5, 5.41) is 1.19. The minimum absolute atomic E-state index is 0.00605. The highest BCUT2D eigenvalue weighted by molar-refractivity contribution is 6.42. The van der Waals surface area contributed by atoms with Crippen LogP contribution in [-0.4, -0.2) is 30.6 Å². The molecule has 0 heterocycles. The van der Waals surface area contributed by atoms with E-state index in [2.05, 4.69) is 18.7 Å². The van der Waals surface area contributed by atoms with Crippen LogP contribution in [0.1, 0.15) is 19.4 Å². The number of rotatable bonds is 4. The molecule has 0 aliphatic carbocycles. The van der Waals surface area contributed by atoms with Crippen LogP contribution >= 0.6 is 23.2 Å². The molecule has 0 aliphatic heterocycles. The van der Waals surface area contributed by atoms with Crippen LogP contribution in [0.2, 0.25) is 10.0 Å². The van der Waals surface area contributed by atoms with Crippen molar-refractivity contribution in [2.75, 3.05) is 14.1 Å². The van der Waals surface area contributed by atoms with Gasteiger partial charge in [0, 0.05) is 11.6 Å². The highest BCUT2D eigenvalue weighted by Gasteiger charge is 2.29. The Morgan fingerprint density at radius 2 is 1.88 bits per heavy atom. The molecule has 0 saturated carbocycles. The average Bonchev–Trinajstić information content (AvgIpc) is 2.24. The van der Waals surface area contributed by atoms with Gasteiger partial charge in [-0.3, -0.25) is 0 Å². The van der Waals surface area contributed by atoms with Crippen LogP contribution in [0.5, 0.6) is 0 Å². The summed E-state index contributed by atoms with van der Waals surface area (Å²) in [5.41, 5.74) is 7.17. The number of hydrogen-bond acceptors (Lipinski definition) is 2. The molecule has 0 aromatic heterocycles. The predicted molar refractivity (Wildman–Crippen MR) is 75.9 cm³/mol. The molecule has 2 nitrogen and oxygen atoms in total. The highest BCUT2D eigenvalue weighted by atomic mass is 35.5. The Labute approximate surface area is 114 Å². The number of likely N-dealkylation sites (N-methyl/N-ethyl adjacent to an activating group) is 1. The van der Waals surface area contributed by atoms with Gasteiger partial charge in [0.2, 0.25) is 0 Å². The molecule has 0 spiro atoms. The molecule has 1 rings (SSSR count). The second-order valence-electron chi connectivity index (χ2n) is 5.07. The largest absolute Gasteiger partial charge is 0.326 e. The molecular formula is C13H20Cl2N2. The van der Waals surface area contributed by atoms with Crippen LogP contribution in [0.25, 0.3) is 0 Å². The third kappa shape index (κ3) is 3.35. The van der Waals surface area contributed by atoms with E-state index in [-0.39, 0.29) is 11.6 Å². The minimum atomic E-state index is -0.0916. The van der Waals surface area contributed by atoms with Crippen LogP contribution in [0, 0.1) is 0 Å². The molecule has 0 aliphatic rings. The van der Waals surface area contributed by atoms with E-state index in [1.54, 1.807) is 6.07 Å². The second kappa shape index (κ2) is 5.57. The second-order valence-corrected chi connectivity index (χ2v) is 5.86. The fraction of sp³-hybridized carbons (Fsp3) is 0.538. The molecule has 2 N–H and O–H groups in total. The van der Waals surface area contributed by atoms with E-state index in [1.165, 1.54) is 0 Å². The number of benzene rings is 1. The van der Waals surface area contributed by atoms with E-state index in [1.807, 2.05) is 26.2 Å². The molecule has 0 saturated heterocycles. The van der Waals surface area contributed by atoms with E-state index < -0.39 is 0 Å². The van der Waals surface area contributed by atoms with E-state index >= 15 is 0 Å². The summed E-state index contributed by atoms with van der Waals surface area (Å²) in [4.78, 5) is 2.12. The van der Waals surface area contributed by atoms with E-state index in [9.17, 15) is 0 Å². The fourth-order valence-electron chi connectivity index (χ4n) is 1.52. The van der Waals surface area contributed by atoms with Crippen molar-refractivity contribution < 1.29 is 0 Å². The summed E-state index contributed by atoms with van der Waals surface area (Å²) in [6.07, 6.45) is 0.713. The summed E-state index contributed by atoms with van der Waals surface area (Å²) in [6, 6.07) is 5.66. The maximum Gasteiger partial charge on any atom is 0.0624 e. The van der Waals surface area contributed by atoms with Gasteiger partial charge in [-0.25, -0.2) is 0 Å². The summed E-state index contributed by atoms with van der Waals surface area (Å²) in [6.45, 7) is 4.24. The first-order valence-corrected chi connectivity index (χ1v) is 6.38. The lowest BCUT2D eigenvalue weighted by atomic mass is 9.89. The third-order valence-corrected chi connectivity index (χ3v) is 4.39. The minimum Gasteiger partial charge on any atom is -0.326 e. The third-order valence-electron chi connectivity index (χ3n) is 3.53. The molecule has 1 atom stereocenters. The summed E-state index contributed by atoms with van der Waals surface area (Å²) in [7, 11) is 4.05. The van der Waals surface area contributed by atoms with Gasteiger partial charge in [-0.2, -0.15) is 0 Å². The van der Waals surface area contributed by atoms with Gasteiger partial charge in [0.25, 0.3) is 0 Å². The lowest BCUT2D eigenvalue weighted by Gasteiger charge is -2.38. The number of nitrogens with zero attached hydrogens (tertiary/aromatic N) is 1. The van der Waals surface area contributed by atoms with Gasteiger partial charge in [-0.1, -0.05) is 35.3 Å². The molecule has 4 heteroatoms. The van der Waals surface area contributed by atoms with Crippen molar-refractivity contribution in [3.63, 3.8) is 0 Å². The Kier molecular flexibility index (Phi) is 4.85. The summed E-state index contributed by atoms with van der Waals surface area (Å²) >= 11 is 12.2. The Bertz CT molecular complexity index is 389. The average molecular weight is 275 g/mol. The number of hydrogen-bond donors (Lipinski definition) is 1. The van der Waals surface area contributed by atoms with Gasteiger partial charge in [-0.15, -0.1) is 0 Å². The van der Waals surface area contributed by atoms with Crippen molar-refractivity contribution in [3.05, 3.63) is 33.8 Å². The van der Waals surface area contributed by atoms with Gasteiger partial charge in [0.05, 0.1) is 10.0 Å². The summed E-state index contributed by atoms with van der Waals surface area (Å²) < 4.78 is 0. The fourth-order valence-corrected chi connectivity index (χ4v) is 1.92. The Morgan fingerprint density at radius 1 is 1.29 bits per heavy atom. The topological polar surface area (TPSA) is 29.3 Å². The van der Waals surface area contributed by atoms with Gasteiger partial charge in [0.15, 0.2) is 0 Å². The van der Waals surface area contributed by atoms with Crippen molar-refractivity contribution in [3.8, 4) is 0 Å². The monoisotopic (exact) mass is 274 g/mol. The van der Waals surface area contributed by atoms with E-state index in [0.717, 1.165) is 5.56 Å². The SMILES string of the molecule is CN(C)C(C)(C)C(N)Cc1cccc(Cl)c1Cl. The van der Waals surface area contributed by atoms with Crippen molar-refractivity contribution in [2.45, 2.75) is 31.8 Å². The van der Waals surface area contributed by atoms with E-state index in [0.29, 0.717) is 16.5 Å². The molecular weight excluding hydrogens is 255 g/mol. The van der Waals surface area contributed by atoms with Crippen molar-refractivity contribution in [2.24, 2.45) is 5.73 Å². The van der Waals surface area contributed by atoms with Crippen LogP contribution in [0.4, 0.5) is 0 Å². The number of halogens is 2. The number of nitrogens with two attached hydrogens (primary N) is 1. The zero-order valence-electron chi connectivity index (χ0n) is 10.8. The maximum absolute atomic E-state index is 6.26. The molecule has 0 fully saturated rings. The molecule has 0 radical (unpaired) electrons. The zero-order valence-corrected chi connectivity index (χ0v) is 12.3. The standard InChI is InChI=1S/C13H20Cl2N2/c1-13(2,17(3)4)11(16)8-9-6-5-7-10(14)12(9)15/h5-7,11H,8,16H2,1-4H3. The van der Waals surface area contributed by atoms with Gasteiger partial charge in [0.1, 0.15) is 0 Å². The molecule has 1 aromatic rings. The smallest absolute Gasteiger partial charge is 0.0624 e. The first-order valence-electron chi connectivity index (χ1n) is 5.62. The van der Waals surface area contributed by atoms with Gasteiger partial charge >= 0.3 is 0 Å². The molecule has 0 bridgehead atoms. The van der Waals surface area contributed by atoms with Crippen LogP contribution in [0.15, 0.2) is 18.2 Å². The predicted octanol–water partition coefficient (Wildman–Crippen LogP) is 3.20. The van der Waals surface area contributed by atoms with Crippen LogP contribution < -0.4 is 5.73 Å². The van der Waals surface area contributed by atoms with Crippen LogP contribution in [0.3, 0.4) is 0 Å². The quantitative estimate of drug-likeness (QED) is 0.914. The molecule has 17 heavy (non-hydrogen) atoms. The molecule has 0 amide bonds. The van der Waals surface area contributed by atoms with Crippen molar-refractivity contribution in [1.29, 1.82) is 0 Å². The Balaban J connectivity index is 2.88. The molecule has 1 unspecified atom stereocenters. The Hall–Kier alpha value is -0.280. The normalized spacial score (nSPS) is 14.1. The lowest BCUT2D eigenvalue weighted by molar-refractivity contribution is 0.158. The van der Waals surface area contributed by atoms with Crippen molar-refractivity contribution in [1.82, 2.24) is 4.90 Å². The summed E-state index contributed by atoms with van der Waals surface area (Å²) in [5.74, 6) is 0. The lowest BCUT2D eigenvalue weighted by Crippen LogP contribution is -2.54. The van der Waals surface area contributed by atoms with E-state index in [4.69, 9.17) is 28.9 Å². The van der Waals surface area contributed by atoms with Gasteiger partial charge in [-0.05, 0) is 46.0 Å². The zero-order chi connectivity index (χ0) is 13.2. The van der Waals surface area contributed by atoms with Crippen LogP contribution in [-0.2, 0) is 6.42 Å². The Morgan fingerprint density at radius 3 is 2.41 bits per heavy atom. The molecule has 1 aromatic carbocycles. The van der Waals surface area contributed by atoms with Crippen molar-refractivity contribution >= 4 is 23.2 Å². The molecule has 96 valence electrons. The maximum atomic E-state index is 6.26. The highest BCUT2D eigenvalue weighted by Crippen LogP contribution is 2.28. The first kappa shape index (κ1) is 14.8. The van der Waals surface area contributed by atoms with Gasteiger partial charge < -0.3 is 10.6 Å². The first-order chi connectivity index (χ1) is 7.76.